The molecule has 0 aliphatic carbocycles. The zero-order chi connectivity index (χ0) is 24.4. The number of hydrogen-bond acceptors (Lipinski definition) is 9. The van der Waals surface area contributed by atoms with Gasteiger partial charge in [-0.05, 0) is 53.0 Å². The molecule has 182 valence electrons. The average Bonchev–Trinajstić information content (AvgIpc) is 3.61. The van der Waals surface area contributed by atoms with Gasteiger partial charge in [-0.25, -0.2) is 9.48 Å². The molecule has 0 bridgehead atoms. The molecule has 0 saturated carbocycles. The van der Waals surface area contributed by atoms with E-state index in [4.69, 9.17) is 31.2 Å². The molecule has 0 radical (unpaired) electrons. The lowest BCUT2D eigenvalue weighted by atomic mass is 10.1. The quantitative estimate of drug-likeness (QED) is 0.384. The molecule has 1 aromatic heterocycles. The van der Waals surface area contributed by atoms with Gasteiger partial charge in [0.2, 0.25) is 0 Å². The molecule has 2 aliphatic rings. The smallest absolute Gasteiger partial charge is 0.337 e. The summed E-state index contributed by atoms with van der Waals surface area (Å²) >= 11 is 5.49. The van der Waals surface area contributed by atoms with Crippen LogP contribution in [0.2, 0.25) is 0 Å². The second-order valence-electron chi connectivity index (χ2n) is 8.12. The third kappa shape index (κ3) is 4.67. The number of aromatic nitrogens is 4. The van der Waals surface area contributed by atoms with Gasteiger partial charge in [0.15, 0.2) is 10.9 Å². The molecule has 3 heterocycles. The maximum atomic E-state index is 11.8. The average molecular weight is 497 g/mol. The number of ether oxygens (including phenoxy) is 4. The van der Waals surface area contributed by atoms with E-state index in [1.165, 1.54) is 7.11 Å². The van der Waals surface area contributed by atoms with Crippen LogP contribution in [0.5, 0.6) is 5.75 Å². The molecule has 12 heteroatoms. The van der Waals surface area contributed by atoms with Gasteiger partial charge < -0.3 is 29.6 Å². The van der Waals surface area contributed by atoms with Crippen LogP contribution in [0.1, 0.15) is 16.4 Å². The largest absolute Gasteiger partial charge is 0.497 e. The molecular weight excluding hydrogens is 472 g/mol. The molecular formula is C23H24N6O5S. The van der Waals surface area contributed by atoms with Gasteiger partial charge in [0.1, 0.15) is 24.0 Å². The van der Waals surface area contributed by atoms with Crippen molar-refractivity contribution >= 4 is 29.0 Å². The third-order valence-electron chi connectivity index (χ3n) is 6.02. The van der Waals surface area contributed by atoms with Crippen molar-refractivity contribution in [1.29, 1.82) is 0 Å². The Morgan fingerprint density at radius 3 is 2.77 bits per heavy atom. The molecule has 0 unspecified atom stereocenters. The SMILES string of the molecule is COC(=O)c1cccc(NC(=S)N[C@H]2CO[C@H]3[C@@H]2OC[C@@H]3n2nnnc2-c2cccc(OC)c2)c1. The highest BCUT2D eigenvalue weighted by Gasteiger charge is 2.49. The number of anilines is 1. The van der Waals surface area contributed by atoms with E-state index < -0.39 is 5.97 Å². The normalized spacial score (nSPS) is 22.9. The maximum absolute atomic E-state index is 11.8. The van der Waals surface area contributed by atoms with E-state index in [1.54, 1.807) is 30.0 Å². The lowest BCUT2D eigenvalue weighted by molar-refractivity contribution is 0.0600. The summed E-state index contributed by atoms with van der Waals surface area (Å²) in [6.45, 7) is 0.809. The van der Waals surface area contributed by atoms with Crippen LogP contribution >= 0.6 is 12.2 Å². The Morgan fingerprint density at radius 2 is 1.94 bits per heavy atom. The van der Waals surface area contributed by atoms with Crippen LogP contribution in [0.25, 0.3) is 11.4 Å². The van der Waals surface area contributed by atoms with Gasteiger partial charge in [-0.2, -0.15) is 0 Å². The summed E-state index contributed by atoms with van der Waals surface area (Å²) < 4.78 is 24.0. The lowest BCUT2D eigenvalue weighted by Gasteiger charge is -2.20. The fraction of sp³-hybridized carbons (Fsp3) is 0.348. The molecule has 4 atom stereocenters. The summed E-state index contributed by atoms with van der Waals surface area (Å²) in [6, 6.07) is 14.1. The van der Waals surface area contributed by atoms with Gasteiger partial charge >= 0.3 is 5.97 Å². The predicted molar refractivity (Wildman–Crippen MR) is 129 cm³/mol. The summed E-state index contributed by atoms with van der Waals surface area (Å²) in [6.07, 6.45) is -0.477. The number of esters is 1. The number of fused-ring (bicyclic) bond motifs is 1. The van der Waals surface area contributed by atoms with Gasteiger partial charge in [-0.1, -0.05) is 18.2 Å². The fourth-order valence-electron chi connectivity index (χ4n) is 4.36. The van der Waals surface area contributed by atoms with Gasteiger partial charge in [-0.15, -0.1) is 5.10 Å². The Hall–Kier alpha value is -3.61. The Morgan fingerprint density at radius 1 is 1.11 bits per heavy atom. The minimum atomic E-state index is -0.416. The molecule has 35 heavy (non-hydrogen) atoms. The molecule has 2 N–H and O–H groups in total. The van der Waals surface area contributed by atoms with Crippen LogP contribution in [0, 0.1) is 0 Å². The van der Waals surface area contributed by atoms with Crippen LogP contribution in [-0.2, 0) is 14.2 Å². The van der Waals surface area contributed by atoms with E-state index in [2.05, 4.69) is 26.2 Å². The number of benzene rings is 2. The van der Waals surface area contributed by atoms with Gasteiger partial charge in [0, 0.05) is 11.3 Å². The van der Waals surface area contributed by atoms with Crippen molar-refractivity contribution in [1.82, 2.24) is 25.5 Å². The second-order valence-corrected chi connectivity index (χ2v) is 8.53. The highest BCUT2D eigenvalue weighted by molar-refractivity contribution is 7.80. The Labute approximate surface area is 206 Å². The zero-order valence-electron chi connectivity index (χ0n) is 19.1. The van der Waals surface area contributed by atoms with Crippen molar-refractivity contribution in [3.8, 4) is 17.1 Å². The van der Waals surface area contributed by atoms with E-state index >= 15 is 0 Å². The molecule has 5 rings (SSSR count). The van der Waals surface area contributed by atoms with Crippen molar-refractivity contribution in [2.75, 3.05) is 32.8 Å². The van der Waals surface area contributed by atoms with Gasteiger partial charge in [0.25, 0.3) is 0 Å². The van der Waals surface area contributed by atoms with Crippen molar-refractivity contribution in [2.45, 2.75) is 24.3 Å². The molecule has 0 spiro atoms. The van der Waals surface area contributed by atoms with Crippen LogP contribution in [-0.4, -0.2) is 77.0 Å². The number of tetrazole rings is 1. The summed E-state index contributed by atoms with van der Waals surface area (Å²) in [5.41, 5.74) is 1.94. The molecule has 11 nitrogen and oxygen atoms in total. The topological polar surface area (TPSA) is 122 Å². The van der Waals surface area contributed by atoms with E-state index in [0.29, 0.717) is 35.4 Å². The molecule has 2 saturated heterocycles. The van der Waals surface area contributed by atoms with Gasteiger partial charge in [-0.3, -0.25) is 0 Å². The number of carbonyl (C=O) groups is 1. The maximum Gasteiger partial charge on any atom is 0.337 e. The predicted octanol–water partition coefficient (Wildman–Crippen LogP) is 1.83. The van der Waals surface area contributed by atoms with Crippen molar-refractivity contribution in [3.63, 3.8) is 0 Å². The first-order valence-corrected chi connectivity index (χ1v) is 11.4. The van der Waals surface area contributed by atoms with E-state index in [0.717, 1.165) is 11.3 Å². The third-order valence-corrected chi connectivity index (χ3v) is 6.24. The lowest BCUT2D eigenvalue weighted by Crippen LogP contribution is -2.45. The van der Waals surface area contributed by atoms with Crippen LogP contribution in [0.15, 0.2) is 48.5 Å². The Kier molecular flexibility index (Phi) is 6.57. The van der Waals surface area contributed by atoms with E-state index in [1.807, 2.05) is 30.3 Å². The first kappa shape index (κ1) is 23.1. The first-order valence-electron chi connectivity index (χ1n) is 11.0. The number of hydrogen-bond donors (Lipinski definition) is 2. The number of rotatable bonds is 6. The van der Waals surface area contributed by atoms with Gasteiger partial charge in [0.05, 0.1) is 39.0 Å². The van der Waals surface area contributed by atoms with Crippen LogP contribution in [0.3, 0.4) is 0 Å². The summed E-state index contributed by atoms with van der Waals surface area (Å²) in [5.74, 6) is 0.916. The monoisotopic (exact) mass is 496 g/mol. The fourth-order valence-corrected chi connectivity index (χ4v) is 4.63. The number of nitrogens with one attached hydrogen (secondary N) is 2. The summed E-state index contributed by atoms with van der Waals surface area (Å²) in [4.78, 5) is 11.8. The first-order chi connectivity index (χ1) is 17.1. The number of carbonyl (C=O) groups excluding carboxylic acids is 1. The van der Waals surface area contributed by atoms with E-state index in [-0.39, 0.29) is 24.3 Å². The Bertz CT molecular complexity index is 1240. The molecule has 0 amide bonds. The molecule has 2 fully saturated rings. The summed E-state index contributed by atoms with van der Waals surface area (Å²) in [5, 5.41) is 19.1. The number of thiocarbonyl (C=S) groups is 1. The molecule has 2 aliphatic heterocycles. The molecule has 3 aromatic rings. The zero-order valence-corrected chi connectivity index (χ0v) is 19.9. The molecule has 2 aromatic carbocycles. The Balaban J connectivity index is 1.25. The van der Waals surface area contributed by atoms with Crippen molar-refractivity contribution < 1.29 is 23.7 Å². The van der Waals surface area contributed by atoms with E-state index in [9.17, 15) is 4.79 Å². The number of methoxy groups -OCH3 is 2. The number of nitrogens with zero attached hydrogens (tertiary/aromatic N) is 4. The minimum Gasteiger partial charge on any atom is -0.497 e. The van der Waals surface area contributed by atoms with Crippen LogP contribution < -0.4 is 15.4 Å². The van der Waals surface area contributed by atoms with Crippen molar-refractivity contribution in [2.24, 2.45) is 0 Å². The summed E-state index contributed by atoms with van der Waals surface area (Å²) in [7, 11) is 2.96. The minimum absolute atomic E-state index is 0.162. The van der Waals surface area contributed by atoms with Crippen LogP contribution in [0.4, 0.5) is 5.69 Å². The highest BCUT2D eigenvalue weighted by Crippen LogP contribution is 2.36. The highest BCUT2D eigenvalue weighted by atomic mass is 32.1. The standard InChI is InChI=1S/C23H24N6O5S/c1-31-16-8-4-5-13(10-16)21-26-27-28-29(21)18-12-34-19-17(11-33-20(18)19)25-23(35)24-15-7-3-6-14(9-15)22(30)32-2/h3-10,17-20H,11-12H2,1-2H3,(H2,24,25,35)/t17-,18-,19+,20+/m0/s1. The second kappa shape index (κ2) is 9.94. The van der Waals surface area contributed by atoms with Crippen molar-refractivity contribution in [3.05, 3.63) is 54.1 Å².